The van der Waals surface area contributed by atoms with Crippen LogP contribution in [0.3, 0.4) is 0 Å². The summed E-state index contributed by atoms with van der Waals surface area (Å²) in [5.41, 5.74) is 0.482. The first kappa shape index (κ1) is 17.9. The van der Waals surface area contributed by atoms with Gasteiger partial charge in [-0.25, -0.2) is 4.79 Å². The van der Waals surface area contributed by atoms with E-state index in [2.05, 4.69) is 14.7 Å². The van der Waals surface area contributed by atoms with Gasteiger partial charge in [-0.2, -0.15) is 18.2 Å². The van der Waals surface area contributed by atoms with Crippen LogP contribution in [-0.4, -0.2) is 44.6 Å². The fourth-order valence-electron chi connectivity index (χ4n) is 2.81. The fraction of sp³-hybridized carbons (Fsp3) is 0.375. The summed E-state index contributed by atoms with van der Waals surface area (Å²) in [6.07, 6.45) is -2.89. The first-order valence-electron chi connectivity index (χ1n) is 7.82. The number of carbonyl (C=O) groups excluding carboxylic acids is 1. The molecule has 7 nitrogen and oxygen atoms in total. The summed E-state index contributed by atoms with van der Waals surface area (Å²) >= 11 is 0. The van der Waals surface area contributed by atoms with Crippen LogP contribution < -0.4 is 0 Å². The number of benzene rings is 1. The average Bonchev–Trinajstić information content (AvgIpc) is 3.12. The summed E-state index contributed by atoms with van der Waals surface area (Å²) < 4.78 is 41.7. The minimum absolute atomic E-state index is 0.237. The number of halogens is 3. The number of aliphatic carboxylic acids is 1. The van der Waals surface area contributed by atoms with Crippen molar-refractivity contribution >= 4 is 11.9 Å². The molecule has 26 heavy (non-hydrogen) atoms. The van der Waals surface area contributed by atoms with Gasteiger partial charge in [-0.1, -0.05) is 17.3 Å². The molecule has 1 aliphatic heterocycles. The lowest BCUT2D eigenvalue weighted by atomic mass is 10.0. The number of carboxylic acids is 1. The first-order chi connectivity index (χ1) is 12.3. The lowest BCUT2D eigenvalue weighted by Gasteiger charge is -2.33. The predicted octanol–water partition coefficient (Wildman–Crippen LogP) is 2.83. The van der Waals surface area contributed by atoms with Gasteiger partial charge in [0.2, 0.25) is 5.82 Å². The summed E-state index contributed by atoms with van der Waals surface area (Å²) in [4.78, 5) is 28.5. The van der Waals surface area contributed by atoms with Crippen molar-refractivity contribution in [2.24, 2.45) is 0 Å². The molecule has 1 aromatic heterocycles. The summed E-state index contributed by atoms with van der Waals surface area (Å²) in [5.74, 6) is -3.20. The van der Waals surface area contributed by atoms with Gasteiger partial charge in [0.1, 0.15) is 6.04 Å². The number of carboxylic acid groups (broad SMARTS) is 1. The van der Waals surface area contributed by atoms with Gasteiger partial charge < -0.3 is 14.5 Å². The van der Waals surface area contributed by atoms with Crippen molar-refractivity contribution < 1.29 is 32.4 Å². The number of amides is 1. The molecule has 2 aromatic rings. The van der Waals surface area contributed by atoms with Crippen LogP contribution in [0.15, 0.2) is 28.8 Å². The molecule has 3 rings (SSSR count). The Balaban J connectivity index is 1.79. The molecule has 10 heteroatoms. The standard InChI is InChI=1S/C16H14F3N3O4/c17-16(18,19)15-20-12(21-26-15)9-4-6-10(7-5-9)13(23)22-8-2-1-3-11(22)14(24)25/h4-7,11H,1-3,8H2,(H,24,25)/t11-/m1/s1. The van der Waals surface area contributed by atoms with Crippen molar-refractivity contribution in [3.05, 3.63) is 35.7 Å². The molecule has 1 fully saturated rings. The van der Waals surface area contributed by atoms with Crippen molar-refractivity contribution in [2.45, 2.75) is 31.5 Å². The minimum atomic E-state index is -4.73. The van der Waals surface area contributed by atoms with Crippen LogP contribution in [0.5, 0.6) is 0 Å². The number of rotatable bonds is 3. The maximum atomic E-state index is 12.6. The van der Waals surface area contributed by atoms with Crippen LogP contribution in [0.1, 0.15) is 35.5 Å². The zero-order valence-electron chi connectivity index (χ0n) is 13.4. The monoisotopic (exact) mass is 369 g/mol. The molecule has 0 saturated carbocycles. The molecule has 0 spiro atoms. The molecule has 138 valence electrons. The topological polar surface area (TPSA) is 96.5 Å². The van der Waals surface area contributed by atoms with Crippen LogP contribution in [0.2, 0.25) is 0 Å². The predicted molar refractivity (Wildman–Crippen MR) is 81.0 cm³/mol. The smallest absolute Gasteiger partial charge is 0.471 e. The maximum Gasteiger partial charge on any atom is 0.471 e. The van der Waals surface area contributed by atoms with Crippen molar-refractivity contribution in [3.8, 4) is 11.4 Å². The number of likely N-dealkylation sites (tertiary alicyclic amines) is 1. The third-order valence-electron chi connectivity index (χ3n) is 4.11. The molecule has 0 bridgehead atoms. The van der Waals surface area contributed by atoms with Crippen LogP contribution in [0.4, 0.5) is 13.2 Å². The van der Waals surface area contributed by atoms with E-state index in [4.69, 9.17) is 0 Å². The highest BCUT2D eigenvalue weighted by molar-refractivity contribution is 5.97. The maximum absolute atomic E-state index is 12.6. The van der Waals surface area contributed by atoms with Gasteiger partial charge >= 0.3 is 18.0 Å². The number of aromatic nitrogens is 2. The number of carbonyl (C=O) groups is 2. The minimum Gasteiger partial charge on any atom is -0.480 e. The Morgan fingerprint density at radius 2 is 1.88 bits per heavy atom. The second-order valence-corrected chi connectivity index (χ2v) is 5.85. The number of alkyl halides is 3. The van der Waals surface area contributed by atoms with E-state index in [0.717, 1.165) is 12.8 Å². The number of hydrogen-bond donors (Lipinski definition) is 1. The quantitative estimate of drug-likeness (QED) is 0.894. The molecule has 0 unspecified atom stereocenters. The van der Waals surface area contributed by atoms with Crippen molar-refractivity contribution in [2.75, 3.05) is 6.54 Å². The number of hydrogen-bond acceptors (Lipinski definition) is 5. The van der Waals surface area contributed by atoms with Crippen LogP contribution >= 0.6 is 0 Å². The molecule has 1 aromatic carbocycles. The van der Waals surface area contributed by atoms with E-state index < -0.39 is 30.0 Å². The molecule has 1 aliphatic rings. The zero-order valence-corrected chi connectivity index (χ0v) is 13.4. The summed E-state index contributed by atoms with van der Waals surface area (Å²) in [6.45, 7) is 0.345. The number of piperidine rings is 1. The first-order valence-corrected chi connectivity index (χ1v) is 7.82. The van der Waals surface area contributed by atoms with Crippen molar-refractivity contribution in [1.82, 2.24) is 15.0 Å². The van der Waals surface area contributed by atoms with Gasteiger partial charge in [0.05, 0.1) is 0 Å². The van der Waals surface area contributed by atoms with Gasteiger partial charge in [0.25, 0.3) is 5.91 Å². The number of nitrogens with zero attached hydrogens (tertiary/aromatic N) is 3. The van der Waals surface area contributed by atoms with E-state index in [1.165, 1.54) is 29.2 Å². The Bertz CT molecular complexity index is 817. The normalized spacial score (nSPS) is 18.0. The van der Waals surface area contributed by atoms with Gasteiger partial charge in [0.15, 0.2) is 0 Å². The Labute approximate surface area is 145 Å². The summed E-state index contributed by atoms with van der Waals surface area (Å²) in [5, 5.41) is 12.5. The fourth-order valence-corrected chi connectivity index (χ4v) is 2.81. The van der Waals surface area contributed by atoms with Gasteiger partial charge in [-0.3, -0.25) is 4.79 Å². The SMILES string of the molecule is O=C(O)[C@H]1CCCCN1C(=O)c1ccc(-c2noc(C(F)(F)F)n2)cc1. The molecular formula is C16H14F3N3O4. The highest BCUT2D eigenvalue weighted by atomic mass is 19.4. The Morgan fingerprint density at radius 3 is 2.46 bits per heavy atom. The van der Waals surface area contributed by atoms with E-state index in [1.807, 2.05) is 0 Å². The molecular weight excluding hydrogens is 355 g/mol. The molecule has 1 saturated heterocycles. The molecule has 1 N–H and O–H groups in total. The third kappa shape index (κ3) is 3.53. The van der Waals surface area contributed by atoms with Crippen LogP contribution in [-0.2, 0) is 11.0 Å². The van der Waals surface area contributed by atoms with E-state index in [9.17, 15) is 27.9 Å². The Hall–Kier alpha value is -2.91. The second-order valence-electron chi connectivity index (χ2n) is 5.85. The molecule has 0 radical (unpaired) electrons. The largest absolute Gasteiger partial charge is 0.480 e. The van der Waals surface area contributed by atoms with Crippen LogP contribution in [0.25, 0.3) is 11.4 Å². The van der Waals surface area contributed by atoms with E-state index in [1.54, 1.807) is 0 Å². The highest BCUT2D eigenvalue weighted by Crippen LogP contribution is 2.29. The van der Waals surface area contributed by atoms with Crippen LogP contribution in [0, 0.1) is 0 Å². The molecule has 0 aliphatic carbocycles. The van der Waals surface area contributed by atoms with E-state index >= 15 is 0 Å². The average molecular weight is 369 g/mol. The summed E-state index contributed by atoms with van der Waals surface area (Å²) in [6, 6.07) is 4.70. The lowest BCUT2D eigenvalue weighted by Crippen LogP contribution is -2.47. The Kier molecular flexibility index (Phi) is 4.66. The van der Waals surface area contributed by atoms with Crippen molar-refractivity contribution in [3.63, 3.8) is 0 Å². The molecule has 2 heterocycles. The third-order valence-corrected chi connectivity index (χ3v) is 4.11. The highest BCUT2D eigenvalue weighted by Gasteiger charge is 2.38. The van der Waals surface area contributed by atoms with E-state index in [0.29, 0.717) is 13.0 Å². The van der Waals surface area contributed by atoms with E-state index in [-0.39, 0.29) is 17.0 Å². The lowest BCUT2D eigenvalue weighted by molar-refractivity contribution is -0.159. The van der Waals surface area contributed by atoms with Gasteiger partial charge in [-0.15, -0.1) is 0 Å². The zero-order chi connectivity index (χ0) is 18.9. The van der Waals surface area contributed by atoms with Gasteiger partial charge in [0, 0.05) is 17.7 Å². The summed E-state index contributed by atoms with van der Waals surface area (Å²) in [7, 11) is 0. The molecule has 1 amide bonds. The van der Waals surface area contributed by atoms with Gasteiger partial charge in [-0.05, 0) is 31.4 Å². The second kappa shape index (κ2) is 6.77. The molecule has 1 atom stereocenters. The van der Waals surface area contributed by atoms with Crippen molar-refractivity contribution in [1.29, 1.82) is 0 Å². The Morgan fingerprint density at radius 1 is 1.19 bits per heavy atom.